The number of carbonyl (C=O) groups is 1. The van der Waals surface area contributed by atoms with Crippen LogP contribution in [0.4, 0.5) is 11.4 Å². The Bertz CT molecular complexity index is 647. The summed E-state index contributed by atoms with van der Waals surface area (Å²) in [5, 5.41) is 14.5. The summed E-state index contributed by atoms with van der Waals surface area (Å²) in [4.78, 5) is 11.8. The number of carbonyl (C=O) groups excluding carboxylic acids is 1. The molecule has 0 spiro atoms. The number of nitrogens with one attached hydrogen (secondary N) is 2. The van der Waals surface area contributed by atoms with Crippen LogP contribution >= 0.6 is 15.9 Å². The van der Waals surface area contributed by atoms with Crippen LogP contribution in [0.15, 0.2) is 53.0 Å². The number of halogens is 1. The second-order valence-corrected chi connectivity index (χ2v) is 4.93. The number of nitrogens with zero attached hydrogens (tertiary/aromatic N) is 1. The molecule has 0 aliphatic carbocycles. The number of rotatable bonds is 4. The van der Waals surface area contributed by atoms with Gasteiger partial charge >= 0.3 is 0 Å². The average molecular weight is 330 g/mol. The fourth-order valence-electron chi connectivity index (χ4n) is 1.61. The predicted octanol–water partition coefficient (Wildman–Crippen LogP) is 3.37. The summed E-state index contributed by atoms with van der Waals surface area (Å²) in [6, 6.07) is 16.4. The van der Waals surface area contributed by atoms with Gasteiger partial charge in [-0.15, -0.1) is 0 Å². The maximum absolute atomic E-state index is 11.8. The van der Waals surface area contributed by atoms with E-state index in [1.54, 1.807) is 24.3 Å². The van der Waals surface area contributed by atoms with E-state index >= 15 is 0 Å². The number of hydrogen-bond acceptors (Lipinski definition) is 3. The average Bonchev–Trinajstić information content (AvgIpc) is 2.47. The highest BCUT2D eigenvalue weighted by atomic mass is 79.9. The summed E-state index contributed by atoms with van der Waals surface area (Å²) in [6.45, 7) is 0.169. The molecule has 0 aliphatic heterocycles. The van der Waals surface area contributed by atoms with Gasteiger partial charge in [-0.3, -0.25) is 4.79 Å². The SMILES string of the molecule is N#Cc1ccc(NC(=O)CNc2ccccc2Br)cc1. The maximum Gasteiger partial charge on any atom is 0.243 e. The van der Waals surface area contributed by atoms with Gasteiger partial charge in [0, 0.05) is 15.8 Å². The highest BCUT2D eigenvalue weighted by molar-refractivity contribution is 9.10. The Hall–Kier alpha value is -2.32. The van der Waals surface area contributed by atoms with Crippen LogP contribution in [0.2, 0.25) is 0 Å². The van der Waals surface area contributed by atoms with Crippen molar-refractivity contribution in [2.24, 2.45) is 0 Å². The first-order valence-electron chi connectivity index (χ1n) is 5.97. The highest BCUT2D eigenvalue weighted by Gasteiger charge is 2.04. The third kappa shape index (κ3) is 3.84. The van der Waals surface area contributed by atoms with Crippen molar-refractivity contribution >= 4 is 33.2 Å². The highest BCUT2D eigenvalue weighted by Crippen LogP contribution is 2.20. The number of anilines is 2. The Morgan fingerprint density at radius 1 is 1.15 bits per heavy atom. The van der Waals surface area contributed by atoms with Crippen LogP contribution in [-0.2, 0) is 4.79 Å². The second kappa shape index (κ2) is 6.73. The summed E-state index contributed by atoms with van der Waals surface area (Å²) in [6.07, 6.45) is 0. The van der Waals surface area contributed by atoms with Gasteiger partial charge in [-0.25, -0.2) is 0 Å². The molecule has 0 atom stereocenters. The topological polar surface area (TPSA) is 64.9 Å². The Kier molecular flexibility index (Phi) is 4.75. The number of benzene rings is 2. The van der Waals surface area contributed by atoms with Crippen LogP contribution in [0.1, 0.15) is 5.56 Å². The fraction of sp³-hybridized carbons (Fsp3) is 0.0667. The molecule has 2 aromatic rings. The molecule has 1 amide bonds. The van der Waals surface area contributed by atoms with Gasteiger partial charge in [0.1, 0.15) is 0 Å². The number of amides is 1. The standard InChI is InChI=1S/C15H12BrN3O/c16-13-3-1-2-4-14(13)18-10-15(20)19-12-7-5-11(9-17)6-8-12/h1-8,18H,10H2,(H,19,20). The number of nitriles is 1. The van der Waals surface area contributed by atoms with Crippen molar-refractivity contribution in [3.8, 4) is 6.07 Å². The van der Waals surface area contributed by atoms with E-state index < -0.39 is 0 Å². The zero-order chi connectivity index (χ0) is 14.4. The van der Waals surface area contributed by atoms with Gasteiger partial charge in [0.2, 0.25) is 5.91 Å². The van der Waals surface area contributed by atoms with Crippen LogP contribution in [0, 0.1) is 11.3 Å². The van der Waals surface area contributed by atoms with E-state index in [0.29, 0.717) is 11.3 Å². The molecule has 5 heteroatoms. The molecule has 20 heavy (non-hydrogen) atoms. The predicted molar refractivity (Wildman–Crippen MR) is 82.4 cm³/mol. The van der Waals surface area contributed by atoms with Crippen LogP contribution in [0.25, 0.3) is 0 Å². The van der Waals surface area contributed by atoms with Gasteiger partial charge in [0.05, 0.1) is 18.2 Å². The summed E-state index contributed by atoms with van der Waals surface area (Å²) in [7, 11) is 0. The maximum atomic E-state index is 11.8. The van der Waals surface area contributed by atoms with Crippen molar-refractivity contribution in [2.75, 3.05) is 17.2 Å². The normalized spacial score (nSPS) is 9.60. The quantitative estimate of drug-likeness (QED) is 0.903. The molecule has 100 valence electrons. The lowest BCUT2D eigenvalue weighted by Gasteiger charge is -2.09. The Morgan fingerprint density at radius 2 is 1.85 bits per heavy atom. The van der Waals surface area contributed by atoms with Gasteiger partial charge in [-0.05, 0) is 52.3 Å². The van der Waals surface area contributed by atoms with Crippen molar-refractivity contribution in [2.45, 2.75) is 0 Å². The van der Waals surface area contributed by atoms with E-state index in [1.165, 1.54) is 0 Å². The molecule has 0 saturated carbocycles. The van der Waals surface area contributed by atoms with Crippen LogP contribution < -0.4 is 10.6 Å². The number of hydrogen-bond donors (Lipinski definition) is 2. The Labute approximate surface area is 125 Å². The summed E-state index contributed by atoms with van der Waals surface area (Å²) >= 11 is 3.40. The first-order chi connectivity index (χ1) is 9.69. The van der Waals surface area contributed by atoms with E-state index in [-0.39, 0.29) is 12.5 Å². The fourth-order valence-corrected chi connectivity index (χ4v) is 2.04. The minimum Gasteiger partial charge on any atom is -0.375 e. The van der Waals surface area contributed by atoms with E-state index in [0.717, 1.165) is 10.2 Å². The zero-order valence-electron chi connectivity index (χ0n) is 10.6. The summed E-state index contributed by atoms with van der Waals surface area (Å²) in [5.41, 5.74) is 2.10. The Balaban J connectivity index is 1.89. The van der Waals surface area contributed by atoms with Crippen LogP contribution in [0.3, 0.4) is 0 Å². The second-order valence-electron chi connectivity index (χ2n) is 4.07. The lowest BCUT2D eigenvalue weighted by molar-refractivity contribution is -0.114. The summed E-state index contributed by atoms with van der Waals surface area (Å²) in [5.74, 6) is -0.148. The molecular formula is C15H12BrN3O. The number of para-hydroxylation sites is 1. The lowest BCUT2D eigenvalue weighted by atomic mass is 10.2. The van der Waals surface area contributed by atoms with Gasteiger partial charge in [0.15, 0.2) is 0 Å². The summed E-state index contributed by atoms with van der Waals surface area (Å²) < 4.78 is 0.908. The van der Waals surface area contributed by atoms with Gasteiger partial charge in [-0.1, -0.05) is 12.1 Å². The van der Waals surface area contributed by atoms with Crippen molar-refractivity contribution in [1.82, 2.24) is 0 Å². The molecule has 0 unspecified atom stereocenters. The molecule has 0 bridgehead atoms. The third-order valence-electron chi connectivity index (χ3n) is 2.61. The molecule has 2 aromatic carbocycles. The minimum atomic E-state index is -0.148. The monoisotopic (exact) mass is 329 g/mol. The van der Waals surface area contributed by atoms with Crippen molar-refractivity contribution in [1.29, 1.82) is 5.26 Å². The van der Waals surface area contributed by atoms with E-state index in [2.05, 4.69) is 26.6 Å². The molecular weight excluding hydrogens is 318 g/mol. The molecule has 0 aromatic heterocycles. The van der Waals surface area contributed by atoms with Gasteiger partial charge in [-0.2, -0.15) is 5.26 Å². The van der Waals surface area contributed by atoms with Crippen molar-refractivity contribution in [3.05, 3.63) is 58.6 Å². The largest absolute Gasteiger partial charge is 0.375 e. The molecule has 2 rings (SSSR count). The van der Waals surface area contributed by atoms with Gasteiger partial charge < -0.3 is 10.6 Å². The van der Waals surface area contributed by atoms with Crippen LogP contribution in [0.5, 0.6) is 0 Å². The Morgan fingerprint density at radius 3 is 2.50 bits per heavy atom. The zero-order valence-corrected chi connectivity index (χ0v) is 12.1. The van der Waals surface area contributed by atoms with E-state index in [9.17, 15) is 4.79 Å². The van der Waals surface area contributed by atoms with E-state index in [1.807, 2.05) is 30.3 Å². The van der Waals surface area contributed by atoms with Gasteiger partial charge in [0.25, 0.3) is 0 Å². The van der Waals surface area contributed by atoms with Crippen molar-refractivity contribution < 1.29 is 4.79 Å². The lowest BCUT2D eigenvalue weighted by Crippen LogP contribution is -2.21. The molecule has 0 fully saturated rings. The first kappa shape index (κ1) is 14.1. The molecule has 0 radical (unpaired) electrons. The minimum absolute atomic E-state index is 0.148. The molecule has 2 N–H and O–H groups in total. The third-order valence-corrected chi connectivity index (χ3v) is 3.30. The smallest absolute Gasteiger partial charge is 0.243 e. The van der Waals surface area contributed by atoms with Crippen molar-refractivity contribution in [3.63, 3.8) is 0 Å². The molecule has 0 aliphatic rings. The van der Waals surface area contributed by atoms with E-state index in [4.69, 9.17) is 5.26 Å². The molecule has 0 heterocycles. The van der Waals surface area contributed by atoms with Crippen LogP contribution in [-0.4, -0.2) is 12.5 Å². The molecule has 0 saturated heterocycles. The molecule has 4 nitrogen and oxygen atoms in total. The first-order valence-corrected chi connectivity index (χ1v) is 6.77.